The summed E-state index contributed by atoms with van der Waals surface area (Å²) in [5.41, 5.74) is 6.13. The van der Waals surface area contributed by atoms with E-state index >= 15 is 0 Å². The van der Waals surface area contributed by atoms with E-state index in [1.807, 2.05) is 0 Å². The summed E-state index contributed by atoms with van der Waals surface area (Å²) in [6, 6.07) is 11.0. The Morgan fingerprint density at radius 1 is 1.08 bits per heavy atom. The predicted octanol–water partition coefficient (Wildman–Crippen LogP) is 3.81. The number of nitrogens with two attached hydrogens (primary N) is 1. The van der Waals surface area contributed by atoms with E-state index < -0.39 is 23.8 Å². The molecule has 0 aliphatic rings. The molecule has 0 saturated carbocycles. The van der Waals surface area contributed by atoms with Gasteiger partial charge in [0.1, 0.15) is 6.04 Å². The summed E-state index contributed by atoms with van der Waals surface area (Å²) < 4.78 is 44.6. The highest BCUT2D eigenvalue weighted by Crippen LogP contribution is 2.38. The molecule has 1 unspecified atom stereocenters. The van der Waals surface area contributed by atoms with E-state index in [9.17, 15) is 18.0 Å². The van der Waals surface area contributed by atoms with Gasteiger partial charge in [-0.1, -0.05) is 42.5 Å². The van der Waals surface area contributed by atoms with E-state index in [0.29, 0.717) is 11.1 Å². The van der Waals surface area contributed by atoms with E-state index in [0.717, 1.165) is 6.07 Å². The second-order valence-corrected chi connectivity index (χ2v) is 5.26. The van der Waals surface area contributed by atoms with Crippen LogP contribution in [-0.4, -0.2) is 18.6 Å². The van der Waals surface area contributed by atoms with Gasteiger partial charge in [-0.05, 0) is 36.1 Å². The Balaban J connectivity index is 2.42. The molecular weight excluding hydrogens is 319 g/mol. The number of alkyl halides is 3. The van der Waals surface area contributed by atoms with Gasteiger partial charge in [0.2, 0.25) is 0 Å². The number of ether oxygens (including phenoxy) is 1. The van der Waals surface area contributed by atoms with Crippen LogP contribution in [0.3, 0.4) is 0 Å². The van der Waals surface area contributed by atoms with E-state index in [4.69, 9.17) is 10.5 Å². The summed E-state index contributed by atoms with van der Waals surface area (Å²) in [7, 11) is 0. The van der Waals surface area contributed by atoms with Crippen LogP contribution in [0.2, 0.25) is 0 Å². The molecule has 3 nitrogen and oxygen atoms in total. The molecule has 0 heterocycles. The summed E-state index contributed by atoms with van der Waals surface area (Å²) >= 11 is 0. The lowest BCUT2D eigenvalue weighted by molar-refractivity contribution is -0.144. The highest BCUT2D eigenvalue weighted by molar-refractivity contribution is 5.77. The summed E-state index contributed by atoms with van der Waals surface area (Å²) in [6.07, 6.45) is -4.37. The van der Waals surface area contributed by atoms with Crippen molar-refractivity contribution in [2.75, 3.05) is 6.61 Å². The number of benzene rings is 2. The number of carbonyl (C=O) groups is 1. The van der Waals surface area contributed by atoms with Gasteiger partial charge in [-0.25, -0.2) is 0 Å². The molecule has 0 saturated heterocycles. The Morgan fingerprint density at radius 3 is 2.29 bits per heavy atom. The third-order valence-electron chi connectivity index (χ3n) is 3.57. The zero-order valence-electron chi connectivity index (χ0n) is 13.1. The molecule has 0 spiro atoms. The third kappa shape index (κ3) is 4.14. The van der Waals surface area contributed by atoms with E-state index in [1.54, 1.807) is 37.3 Å². The average molecular weight is 337 g/mol. The SMILES string of the molecule is CCOC(=O)C(N)Cc1ccccc1-c1ccccc1C(F)(F)F. The van der Waals surface area contributed by atoms with Crippen molar-refractivity contribution >= 4 is 5.97 Å². The number of hydrogen-bond donors (Lipinski definition) is 1. The zero-order valence-corrected chi connectivity index (χ0v) is 13.1. The first kappa shape index (κ1) is 18.0. The molecule has 2 rings (SSSR count). The maximum absolute atomic E-state index is 13.3. The fourth-order valence-electron chi connectivity index (χ4n) is 2.50. The minimum absolute atomic E-state index is 0.0664. The van der Waals surface area contributed by atoms with Crippen molar-refractivity contribution in [2.24, 2.45) is 5.73 Å². The molecule has 2 N–H and O–H groups in total. The van der Waals surface area contributed by atoms with E-state index in [2.05, 4.69) is 0 Å². The highest BCUT2D eigenvalue weighted by atomic mass is 19.4. The first-order chi connectivity index (χ1) is 11.3. The predicted molar refractivity (Wildman–Crippen MR) is 85.2 cm³/mol. The number of carbonyl (C=O) groups excluding carboxylic acids is 1. The molecule has 0 aromatic heterocycles. The van der Waals surface area contributed by atoms with Gasteiger partial charge in [0.25, 0.3) is 0 Å². The van der Waals surface area contributed by atoms with Gasteiger partial charge in [0, 0.05) is 0 Å². The number of rotatable bonds is 5. The molecular formula is C18H18F3NO2. The van der Waals surface area contributed by atoms with Crippen LogP contribution in [-0.2, 0) is 22.1 Å². The highest BCUT2D eigenvalue weighted by Gasteiger charge is 2.33. The topological polar surface area (TPSA) is 52.3 Å². The largest absolute Gasteiger partial charge is 0.465 e. The average Bonchev–Trinajstić information content (AvgIpc) is 2.55. The fourth-order valence-corrected chi connectivity index (χ4v) is 2.50. The van der Waals surface area contributed by atoms with Crippen LogP contribution in [0, 0.1) is 0 Å². The summed E-state index contributed by atoms with van der Waals surface area (Å²) in [4.78, 5) is 11.7. The fraction of sp³-hybridized carbons (Fsp3) is 0.278. The smallest absolute Gasteiger partial charge is 0.417 e. The Kier molecular flexibility index (Phi) is 5.62. The van der Waals surface area contributed by atoms with Gasteiger partial charge >= 0.3 is 12.1 Å². The zero-order chi connectivity index (χ0) is 17.7. The van der Waals surface area contributed by atoms with Gasteiger partial charge in [-0.2, -0.15) is 13.2 Å². The number of esters is 1. The van der Waals surface area contributed by atoms with Crippen molar-refractivity contribution < 1.29 is 22.7 Å². The van der Waals surface area contributed by atoms with Gasteiger partial charge in [0.15, 0.2) is 0 Å². The van der Waals surface area contributed by atoms with Crippen LogP contribution in [0.1, 0.15) is 18.1 Å². The monoisotopic (exact) mass is 337 g/mol. The number of halogens is 3. The van der Waals surface area contributed by atoms with Gasteiger partial charge in [-0.15, -0.1) is 0 Å². The molecule has 128 valence electrons. The molecule has 6 heteroatoms. The lowest BCUT2D eigenvalue weighted by Gasteiger charge is -2.17. The summed E-state index contributed by atoms with van der Waals surface area (Å²) in [5, 5.41) is 0. The second kappa shape index (κ2) is 7.49. The van der Waals surface area contributed by atoms with Gasteiger partial charge in [-0.3, -0.25) is 4.79 Å². The van der Waals surface area contributed by atoms with Crippen LogP contribution < -0.4 is 5.73 Å². The lowest BCUT2D eigenvalue weighted by Crippen LogP contribution is -2.34. The van der Waals surface area contributed by atoms with Crippen molar-refractivity contribution in [3.63, 3.8) is 0 Å². The van der Waals surface area contributed by atoms with Crippen LogP contribution in [0.15, 0.2) is 48.5 Å². The molecule has 0 fully saturated rings. The maximum Gasteiger partial charge on any atom is 0.417 e. The van der Waals surface area contributed by atoms with Crippen LogP contribution in [0.25, 0.3) is 11.1 Å². The summed E-state index contributed by atoms with van der Waals surface area (Å²) in [5.74, 6) is -0.573. The Bertz CT molecular complexity index is 713. The van der Waals surface area contributed by atoms with Crippen molar-refractivity contribution in [3.05, 3.63) is 59.7 Å². The molecule has 0 radical (unpaired) electrons. The lowest BCUT2D eigenvalue weighted by atomic mass is 9.92. The van der Waals surface area contributed by atoms with Gasteiger partial charge in [0.05, 0.1) is 12.2 Å². The molecule has 0 aliphatic carbocycles. The van der Waals surface area contributed by atoms with E-state index in [-0.39, 0.29) is 18.6 Å². The molecule has 0 amide bonds. The molecule has 2 aromatic rings. The van der Waals surface area contributed by atoms with Gasteiger partial charge < -0.3 is 10.5 Å². The standard InChI is InChI=1S/C18H18F3NO2/c1-2-24-17(23)16(22)11-12-7-3-4-8-13(12)14-9-5-6-10-15(14)18(19,20)21/h3-10,16H,2,11,22H2,1H3. The second-order valence-electron chi connectivity index (χ2n) is 5.26. The maximum atomic E-state index is 13.3. The minimum Gasteiger partial charge on any atom is -0.465 e. The van der Waals surface area contributed by atoms with Crippen LogP contribution in [0.4, 0.5) is 13.2 Å². The van der Waals surface area contributed by atoms with E-state index in [1.165, 1.54) is 12.1 Å². The molecule has 24 heavy (non-hydrogen) atoms. The van der Waals surface area contributed by atoms with Crippen molar-refractivity contribution in [1.29, 1.82) is 0 Å². The molecule has 2 aromatic carbocycles. The Hall–Kier alpha value is -2.34. The molecule has 0 bridgehead atoms. The van der Waals surface area contributed by atoms with Crippen molar-refractivity contribution in [3.8, 4) is 11.1 Å². The van der Waals surface area contributed by atoms with Crippen molar-refractivity contribution in [2.45, 2.75) is 25.6 Å². The number of hydrogen-bond acceptors (Lipinski definition) is 3. The first-order valence-electron chi connectivity index (χ1n) is 7.51. The quantitative estimate of drug-likeness (QED) is 0.844. The molecule has 1 atom stereocenters. The normalized spacial score (nSPS) is 12.7. The first-order valence-corrected chi connectivity index (χ1v) is 7.51. The van der Waals surface area contributed by atoms with Crippen molar-refractivity contribution in [1.82, 2.24) is 0 Å². The molecule has 0 aliphatic heterocycles. The Labute approximate surface area is 138 Å². The van der Waals surface area contributed by atoms with Crippen LogP contribution in [0.5, 0.6) is 0 Å². The summed E-state index contributed by atoms with van der Waals surface area (Å²) in [6.45, 7) is 1.86. The third-order valence-corrected chi connectivity index (χ3v) is 3.57. The minimum atomic E-state index is -4.47. The van der Waals surface area contributed by atoms with Crippen LogP contribution >= 0.6 is 0 Å². The Morgan fingerprint density at radius 2 is 1.67 bits per heavy atom.